The maximum absolute atomic E-state index is 6.51. The van der Waals surface area contributed by atoms with Gasteiger partial charge in [-0.1, -0.05) is 158 Å². The van der Waals surface area contributed by atoms with Crippen molar-refractivity contribution in [3.05, 3.63) is 188 Å². The first-order valence-electron chi connectivity index (χ1n) is 18.7. The average Bonchev–Trinajstić information content (AvgIpc) is 3.85. The molecule has 0 amide bonds. The molecular weight excluding hydrogens is 687 g/mol. The van der Waals surface area contributed by atoms with Crippen LogP contribution in [0.5, 0.6) is 0 Å². The van der Waals surface area contributed by atoms with E-state index < -0.39 is 0 Å². The molecule has 0 saturated heterocycles. The van der Waals surface area contributed by atoms with E-state index in [1.165, 1.54) is 0 Å². The lowest BCUT2D eigenvalue weighted by molar-refractivity contribution is 0.669. The summed E-state index contributed by atoms with van der Waals surface area (Å²) in [4.78, 5) is 15.2. The van der Waals surface area contributed by atoms with E-state index in [9.17, 15) is 0 Å². The van der Waals surface area contributed by atoms with Gasteiger partial charge < -0.3 is 8.83 Å². The number of fused-ring (bicyclic) bond motifs is 6. The number of hydrogen-bond acceptors (Lipinski definition) is 5. The van der Waals surface area contributed by atoms with Gasteiger partial charge in [0.25, 0.3) is 0 Å². The summed E-state index contributed by atoms with van der Waals surface area (Å²) in [5, 5.41) is 4.32. The van der Waals surface area contributed by atoms with E-state index >= 15 is 0 Å². The lowest BCUT2D eigenvalue weighted by Crippen LogP contribution is -2.01. The van der Waals surface area contributed by atoms with E-state index in [-0.39, 0.29) is 0 Å². The Kier molecular flexibility index (Phi) is 7.42. The molecule has 0 saturated carbocycles. The summed E-state index contributed by atoms with van der Waals surface area (Å²) in [6.07, 6.45) is 0. The minimum atomic E-state index is 0.599. The van der Waals surface area contributed by atoms with Gasteiger partial charge in [-0.05, 0) is 52.6 Å². The minimum absolute atomic E-state index is 0.599. The normalized spacial score (nSPS) is 11.6. The smallest absolute Gasteiger partial charge is 0.164 e. The molecule has 0 atom stereocenters. The Balaban J connectivity index is 1.16. The summed E-state index contributed by atoms with van der Waals surface area (Å²) < 4.78 is 13.0. The van der Waals surface area contributed by atoms with Crippen molar-refractivity contribution in [3.8, 4) is 67.5 Å². The fourth-order valence-electron chi connectivity index (χ4n) is 8.00. The topological polar surface area (TPSA) is 65.0 Å². The van der Waals surface area contributed by atoms with Gasteiger partial charge in [0, 0.05) is 49.4 Å². The quantitative estimate of drug-likeness (QED) is 0.171. The molecule has 11 rings (SSSR count). The second-order valence-electron chi connectivity index (χ2n) is 13.9. The van der Waals surface area contributed by atoms with Crippen LogP contribution in [0.2, 0.25) is 0 Å². The lowest BCUT2D eigenvalue weighted by atomic mass is 9.87. The maximum atomic E-state index is 6.51. The average molecular weight is 718 g/mol. The summed E-state index contributed by atoms with van der Waals surface area (Å²) in [6, 6.07) is 64.5. The fraction of sp³-hybridized carbons (Fsp3) is 0. The number of benzene rings is 8. The van der Waals surface area contributed by atoms with Crippen LogP contribution in [0.1, 0.15) is 0 Å². The van der Waals surface area contributed by atoms with Gasteiger partial charge in [-0.2, -0.15) is 0 Å². The van der Waals surface area contributed by atoms with Crippen molar-refractivity contribution in [1.29, 1.82) is 0 Å². The monoisotopic (exact) mass is 717 g/mol. The van der Waals surface area contributed by atoms with Gasteiger partial charge >= 0.3 is 0 Å². The van der Waals surface area contributed by atoms with Crippen LogP contribution in [0.15, 0.2) is 197 Å². The van der Waals surface area contributed by atoms with Crippen molar-refractivity contribution in [1.82, 2.24) is 15.0 Å². The van der Waals surface area contributed by atoms with E-state index in [0.717, 1.165) is 93.9 Å². The highest BCUT2D eigenvalue weighted by molar-refractivity contribution is 6.17. The van der Waals surface area contributed by atoms with Gasteiger partial charge in [0.05, 0.1) is 0 Å². The molecule has 0 aliphatic heterocycles. The van der Waals surface area contributed by atoms with Crippen molar-refractivity contribution in [2.45, 2.75) is 0 Å². The Morgan fingerprint density at radius 3 is 1.59 bits per heavy atom. The Hall–Kier alpha value is -7.63. The maximum Gasteiger partial charge on any atom is 0.164 e. The SMILES string of the molecule is c1ccc(-c2nc(-c3ccccc3)nc(-c3ccccc3-c3ccc4oc5ccccc5c4c3-c3cccc(-c4cccc5c4oc4ccccc45)c3)n2)cc1. The van der Waals surface area contributed by atoms with Crippen LogP contribution in [0.25, 0.3) is 111 Å². The van der Waals surface area contributed by atoms with Crippen LogP contribution in [0.3, 0.4) is 0 Å². The molecule has 11 aromatic rings. The third kappa shape index (κ3) is 5.29. The zero-order valence-electron chi connectivity index (χ0n) is 30.1. The molecule has 3 heterocycles. The van der Waals surface area contributed by atoms with E-state index in [4.69, 9.17) is 23.8 Å². The minimum Gasteiger partial charge on any atom is -0.456 e. The molecule has 5 nitrogen and oxygen atoms in total. The Labute approximate surface area is 322 Å². The molecule has 0 N–H and O–H groups in total. The van der Waals surface area contributed by atoms with Gasteiger partial charge in [0.1, 0.15) is 22.3 Å². The highest BCUT2D eigenvalue weighted by Crippen LogP contribution is 2.46. The fourth-order valence-corrected chi connectivity index (χ4v) is 8.00. The first kappa shape index (κ1) is 31.9. The van der Waals surface area contributed by atoms with Crippen LogP contribution in [0, 0.1) is 0 Å². The first-order chi connectivity index (χ1) is 27.8. The number of hydrogen-bond donors (Lipinski definition) is 0. The molecule has 0 bridgehead atoms. The molecule has 8 aromatic carbocycles. The van der Waals surface area contributed by atoms with Crippen LogP contribution < -0.4 is 0 Å². The van der Waals surface area contributed by atoms with Crippen molar-refractivity contribution in [2.75, 3.05) is 0 Å². The zero-order valence-corrected chi connectivity index (χ0v) is 30.1. The number of furan rings is 2. The summed E-state index contributed by atoms with van der Waals surface area (Å²) in [5.41, 5.74) is 12.5. The summed E-state index contributed by atoms with van der Waals surface area (Å²) >= 11 is 0. The van der Waals surface area contributed by atoms with Gasteiger partial charge in [-0.3, -0.25) is 0 Å². The van der Waals surface area contributed by atoms with Crippen molar-refractivity contribution < 1.29 is 8.83 Å². The summed E-state index contributed by atoms with van der Waals surface area (Å²) in [5.74, 6) is 1.84. The Morgan fingerprint density at radius 1 is 0.304 bits per heavy atom. The molecule has 0 unspecified atom stereocenters. The molecule has 0 radical (unpaired) electrons. The van der Waals surface area contributed by atoms with E-state index in [2.05, 4.69) is 97.1 Å². The van der Waals surface area contributed by atoms with Gasteiger partial charge in [-0.25, -0.2) is 15.0 Å². The van der Waals surface area contributed by atoms with Crippen molar-refractivity contribution in [3.63, 3.8) is 0 Å². The predicted molar refractivity (Wildman–Crippen MR) is 227 cm³/mol. The molecule has 56 heavy (non-hydrogen) atoms. The third-order valence-electron chi connectivity index (χ3n) is 10.6. The third-order valence-corrected chi connectivity index (χ3v) is 10.6. The van der Waals surface area contributed by atoms with Gasteiger partial charge in [0.2, 0.25) is 0 Å². The second kappa shape index (κ2) is 13.0. The van der Waals surface area contributed by atoms with E-state index in [1.807, 2.05) is 91.0 Å². The van der Waals surface area contributed by atoms with E-state index in [1.54, 1.807) is 0 Å². The summed E-state index contributed by atoms with van der Waals surface area (Å²) in [7, 11) is 0. The Morgan fingerprint density at radius 2 is 0.839 bits per heavy atom. The molecule has 0 spiro atoms. The van der Waals surface area contributed by atoms with Crippen molar-refractivity contribution in [2.24, 2.45) is 0 Å². The predicted octanol–water partition coefficient (Wildman–Crippen LogP) is 13.7. The molecular formula is C51H31N3O2. The number of aromatic nitrogens is 3. The van der Waals surface area contributed by atoms with Crippen LogP contribution >= 0.6 is 0 Å². The van der Waals surface area contributed by atoms with Gasteiger partial charge in [-0.15, -0.1) is 0 Å². The van der Waals surface area contributed by atoms with Crippen LogP contribution in [-0.2, 0) is 0 Å². The van der Waals surface area contributed by atoms with Crippen LogP contribution in [-0.4, -0.2) is 15.0 Å². The van der Waals surface area contributed by atoms with Gasteiger partial charge in [0.15, 0.2) is 17.5 Å². The second-order valence-corrected chi connectivity index (χ2v) is 13.9. The molecule has 5 heteroatoms. The number of rotatable bonds is 6. The largest absolute Gasteiger partial charge is 0.456 e. The molecule has 262 valence electrons. The molecule has 0 aliphatic carbocycles. The summed E-state index contributed by atoms with van der Waals surface area (Å²) in [6.45, 7) is 0. The van der Waals surface area contributed by atoms with E-state index in [0.29, 0.717) is 17.5 Å². The molecule has 0 fully saturated rings. The first-order valence-corrected chi connectivity index (χ1v) is 18.7. The standard InChI is InChI=1S/C51H31N3O2/c1-3-15-32(16-4-1)49-52-50(33-17-5-2-6-18-33)54-51(53-49)41-23-8-7-21-37(41)39-29-30-45-47(42-24-10-12-28-44(42)55-45)46(39)35-20-13-19-34(31-35)36-25-14-26-40-38-22-9-11-27-43(38)56-48(36)40/h1-31H. The Bertz CT molecular complexity index is 3200. The lowest BCUT2D eigenvalue weighted by Gasteiger charge is -2.17. The number of para-hydroxylation sites is 3. The van der Waals surface area contributed by atoms with Crippen molar-refractivity contribution >= 4 is 43.9 Å². The van der Waals surface area contributed by atoms with Crippen LogP contribution in [0.4, 0.5) is 0 Å². The number of nitrogens with zero attached hydrogens (tertiary/aromatic N) is 3. The highest BCUT2D eigenvalue weighted by Gasteiger charge is 2.22. The zero-order chi connectivity index (χ0) is 37.0. The highest BCUT2D eigenvalue weighted by atomic mass is 16.3. The molecule has 0 aliphatic rings. The molecule has 3 aromatic heterocycles.